The molecule has 0 spiro atoms. The Morgan fingerprint density at radius 2 is 0.544 bits per heavy atom. The highest BCUT2D eigenvalue weighted by Gasteiger charge is 2.16. The highest BCUT2D eigenvalue weighted by Crippen LogP contribution is 2.18. The number of aliphatic hydroxyl groups is 1. The van der Waals surface area contributed by atoms with Gasteiger partial charge in [0.15, 0.2) is 6.10 Å². The largest absolute Gasteiger partial charge is 0.462 e. The summed E-state index contributed by atoms with van der Waals surface area (Å²) < 4.78 is 10.7. The van der Waals surface area contributed by atoms with Crippen LogP contribution >= 0.6 is 0 Å². The molecule has 1 N–H and O–H groups in total. The first kappa shape index (κ1) is 55.9. The molecule has 0 heterocycles. The Labute approximate surface area is 357 Å². The third kappa shape index (κ3) is 47.5. The second-order valence-corrected chi connectivity index (χ2v) is 18.0. The summed E-state index contributed by atoms with van der Waals surface area (Å²) in [5, 5.41) is 9.63. The third-order valence-corrected chi connectivity index (χ3v) is 12.2. The lowest BCUT2D eigenvalue weighted by molar-refractivity contribution is -0.161. The van der Waals surface area contributed by atoms with Gasteiger partial charge in [-0.15, -0.1) is 0 Å². The van der Waals surface area contributed by atoms with E-state index >= 15 is 0 Å². The Balaban J connectivity index is 3.41. The number of carbonyl (C=O) groups excluding carboxylic acids is 2. The summed E-state index contributed by atoms with van der Waals surface area (Å²) >= 11 is 0. The Morgan fingerprint density at radius 1 is 0.333 bits per heavy atom. The molecule has 0 aromatic rings. The van der Waals surface area contributed by atoms with Crippen molar-refractivity contribution >= 4 is 11.9 Å². The lowest BCUT2D eigenvalue weighted by atomic mass is 10.0. The van der Waals surface area contributed by atoms with Crippen LogP contribution in [0.15, 0.2) is 0 Å². The zero-order chi connectivity index (χ0) is 41.4. The smallest absolute Gasteiger partial charge is 0.306 e. The van der Waals surface area contributed by atoms with Gasteiger partial charge in [-0.3, -0.25) is 9.59 Å². The van der Waals surface area contributed by atoms with Gasteiger partial charge in [-0.05, 0) is 12.8 Å². The molecule has 0 amide bonds. The molecule has 0 rings (SSSR count). The average molecular weight is 807 g/mol. The van der Waals surface area contributed by atoms with Gasteiger partial charge in [0.1, 0.15) is 6.61 Å². The maximum absolute atomic E-state index is 12.3. The molecule has 0 unspecified atom stereocenters. The van der Waals surface area contributed by atoms with E-state index in [-0.39, 0.29) is 25.2 Å². The standard InChI is InChI=1S/C52H102O5/c1-3-5-7-9-11-13-15-17-19-21-23-25-26-27-29-31-33-35-37-39-41-43-45-47-52(55)57-50(48-53)49-56-51(54)46-44-42-40-38-36-34-32-30-28-24-22-20-18-16-14-12-10-8-6-4-2/h50,53H,3-49H2,1-2H3/t50-/m0/s1. The van der Waals surface area contributed by atoms with Gasteiger partial charge in [-0.25, -0.2) is 0 Å². The van der Waals surface area contributed by atoms with Crippen LogP contribution in [0.4, 0.5) is 0 Å². The molecule has 0 aromatic heterocycles. The Kier molecular flexibility index (Phi) is 48.3. The lowest BCUT2D eigenvalue weighted by Crippen LogP contribution is -2.28. The van der Waals surface area contributed by atoms with Crippen molar-refractivity contribution in [2.45, 2.75) is 309 Å². The van der Waals surface area contributed by atoms with Crippen molar-refractivity contribution < 1.29 is 24.2 Å². The van der Waals surface area contributed by atoms with E-state index < -0.39 is 6.10 Å². The second-order valence-electron chi connectivity index (χ2n) is 18.0. The molecule has 0 aliphatic heterocycles. The molecule has 0 aromatic carbocycles. The molecule has 0 fully saturated rings. The minimum Gasteiger partial charge on any atom is -0.462 e. The van der Waals surface area contributed by atoms with Gasteiger partial charge < -0.3 is 14.6 Å². The van der Waals surface area contributed by atoms with Crippen molar-refractivity contribution in [2.75, 3.05) is 13.2 Å². The van der Waals surface area contributed by atoms with Crippen molar-refractivity contribution in [3.8, 4) is 0 Å². The zero-order valence-corrected chi connectivity index (χ0v) is 38.9. The molecule has 1 atom stereocenters. The van der Waals surface area contributed by atoms with Crippen LogP contribution in [0.1, 0.15) is 303 Å². The molecular formula is C52H102O5. The fourth-order valence-electron chi connectivity index (χ4n) is 8.21. The van der Waals surface area contributed by atoms with Crippen LogP contribution in [-0.2, 0) is 19.1 Å². The number of aliphatic hydroxyl groups excluding tert-OH is 1. The third-order valence-electron chi connectivity index (χ3n) is 12.2. The van der Waals surface area contributed by atoms with Gasteiger partial charge in [0.25, 0.3) is 0 Å². The number of ether oxygens (including phenoxy) is 2. The number of carbonyl (C=O) groups is 2. The SMILES string of the molecule is CCCCCCCCCCCCCCCCCCCCCCCCCC(=O)O[C@@H](CO)COC(=O)CCCCCCCCCCCCCCCCCCCCCC. The van der Waals surface area contributed by atoms with Gasteiger partial charge in [0.2, 0.25) is 0 Å². The highest BCUT2D eigenvalue weighted by atomic mass is 16.6. The van der Waals surface area contributed by atoms with Gasteiger partial charge in [0.05, 0.1) is 6.61 Å². The van der Waals surface area contributed by atoms with Crippen molar-refractivity contribution in [1.82, 2.24) is 0 Å². The van der Waals surface area contributed by atoms with Gasteiger partial charge >= 0.3 is 11.9 Å². The van der Waals surface area contributed by atoms with E-state index in [2.05, 4.69) is 13.8 Å². The molecule has 0 saturated heterocycles. The molecule has 0 aliphatic rings. The number of hydrogen-bond acceptors (Lipinski definition) is 5. The molecule has 0 aliphatic carbocycles. The summed E-state index contributed by atoms with van der Waals surface area (Å²) in [4.78, 5) is 24.4. The van der Waals surface area contributed by atoms with Crippen LogP contribution < -0.4 is 0 Å². The number of unbranched alkanes of at least 4 members (excludes halogenated alkanes) is 41. The van der Waals surface area contributed by atoms with E-state index in [1.165, 1.54) is 244 Å². The van der Waals surface area contributed by atoms with Crippen LogP contribution in [0.2, 0.25) is 0 Å². The first-order valence-corrected chi connectivity index (χ1v) is 26.1. The zero-order valence-electron chi connectivity index (χ0n) is 38.9. The summed E-state index contributed by atoms with van der Waals surface area (Å²) in [5.74, 6) is -0.565. The molecule has 0 bridgehead atoms. The normalized spacial score (nSPS) is 12.0. The maximum Gasteiger partial charge on any atom is 0.306 e. The Morgan fingerprint density at radius 3 is 0.772 bits per heavy atom. The van der Waals surface area contributed by atoms with Crippen LogP contribution in [0.25, 0.3) is 0 Å². The van der Waals surface area contributed by atoms with E-state index in [0.29, 0.717) is 12.8 Å². The van der Waals surface area contributed by atoms with Crippen LogP contribution in [-0.4, -0.2) is 36.4 Å². The molecular weight excluding hydrogens is 705 g/mol. The first-order chi connectivity index (χ1) is 28.1. The molecule has 5 heteroatoms. The van der Waals surface area contributed by atoms with Gasteiger partial charge in [-0.1, -0.05) is 277 Å². The topological polar surface area (TPSA) is 72.8 Å². The van der Waals surface area contributed by atoms with E-state index in [9.17, 15) is 14.7 Å². The Hall–Kier alpha value is -1.10. The quantitative estimate of drug-likeness (QED) is 0.0490. The van der Waals surface area contributed by atoms with Gasteiger partial charge in [0, 0.05) is 12.8 Å². The highest BCUT2D eigenvalue weighted by molar-refractivity contribution is 5.70. The van der Waals surface area contributed by atoms with Crippen molar-refractivity contribution in [3.05, 3.63) is 0 Å². The van der Waals surface area contributed by atoms with Crippen LogP contribution in [0, 0.1) is 0 Å². The van der Waals surface area contributed by atoms with Crippen molar-refractivity contribution in [1.29, 1.82) is 0 Å². The molecule has 57 heavy (non-hydrogen) atoms. The number of esters is 2. The minimum atomic E-state index is -0.763. The van der Waals surface area contributed by atoms with E-state index in [4.69, 9.17) is 9.47 Å². The fraction of sp³-hybridized carbons (Fsp3) is 0.962. The summed E-state index contributed by atoms with van der Waals surface area (Å²) in [7, 11) is 0. The summed E-state index contributed by atoms with van der Waals surface area (Å²) in [6.07, 6.45) is 57.8. The predicted molar refractivity (Wildman–Crippen MR) is 247 cm³/mol. The summed E-state index contributed by atoms with van der Waals surface area (Å²) in [5.41, 5.74) is 0. The average Bonchev–Trinajstić information content (AvgIpc) is 3.21. The second kappa shape index (κ2) is 49.3. The first-order valence-electron chi connectivity index (χ1n) is 26.1. The van der Waals surface area contributed by atoms with E-state index in [1.54, 1.807) is 0 Å². The molecule has 5 nitrogen and oxygen atoms in total. The van der Waals surface area contributed by atoms with Crippen LogP contribution in [0.5, 0.6) is 0 Å². The van der Waals surface area contributed by atoms with E-state index in [1.807, 2.05) is 0 Å². The summed E-state index contributed by atoms with van der Waals surface area (Å²) in [6.45, 7) is 4.20. The predicted octanol–water partition coefficient (Wildman–Crippen LogP) is 17.0. The number of hydrogen-bond donors (Lipinski definition) is 1. The molecule has 0 saturated carbocycles. The van der Waals surface area contributed by atoms with Crippen LogP contribution in [0.3, 0.4) is 0 Å². The van der Waals surface area contributed by atoms with Crippen molar-refractivity contribution in [2.24, 2.45) is 0 Å². The van der Waals surface area contributed by atoms with Gasteiger partial charge in [-0.2, -0.15) is 0 Å². The lowest BCUT2D eigenvalue weighted by Gasteiger charge is -2.15. The monoisotopic (exact) mass is 807 g/mol. The molecule has 0 radical (unpaired) electrons. The fourth-order valence-corrected chi connectivity index (χ4v) is 8.21. The maximum atomic E-state index is 12.3. The summed E-state index contributed by atoms with van der Waals surface area (Å²) in [6, 6.07) is 0. The van der Waals surface area contributed by atoms with E-state index in [0.717, 1.165) is 32.1 Å². The number of rotatable bonds is 49. The molecule has 340 valence electrons. The Bertz CT molecular complexity index is 784. The minimum absolute atomic E-state index is 0.0559. The van der Waals surface area contributed by atoms with Crippen molar-refractivity contribution in [3.63, 3.8) is 0 Å².